The Morgan fingerprint density at radius 3 is 2.59 bits per heavy atom. The first-order valence-corrected chi connectivity index (χ1v) is 7.22. The fraction of sp³-hybridized carbons (Fsp3) is 0.0667. The Bertz CT molecular complexity index is 722. The molecule has 0 fully saturated rings. The van der Waals surface area contributed by atoms with Crippen LogP contribution >= 0.6 is 11.8 Å². The molecular weight excluding hydrogens is 310 g/mol. The molecule has 0 saturated heterocycles. The van der Waals surface area contributed by atoms with E-state index in [-0.39, 0.29) is 5.75 Å². The molecule has 0 bridgehead atoms. The third-order valence-corrected chi connectivity index (χ3v) is 3.77. The molecule has 0 atom stereocenters. The van der Waals surface area contributed by atoms with Crippen LogP contribution in [0.4, 0.5) is 14.5 Å². The minimum atomic E-state index is -0.818. The summed E-state index contributed by atoms with van der Waals surface area (Å²) in [5, 5.41) is 2.50. The molecule has 2 amide bonds. The summed E-state index contributed by atoms with van der Waals surface area (Å²) in [6.45, 7) is 0. The van der Waals surface area contributed by atoms with Gasteiger partial charge in [-0.15, -0.1) is 11.8 Å². The number of hydrogen-bond donors (Lipinski definition) is 2. The minimum Gasteiger partial charge on any atom is -0.369 e. The van der Waals surface area contributed by atoms with Crippen LogP contribution in [0.15, 0.2) is 47.4 Å². The monoisotopic (exact) mass is 322 g/mol. The molecular formula is C15H12F2N2O2S. The van der Waals surface area contributed by atoms with E-state index in [9.17, 15) is 18.4 Å². The van der Waals surface area contributed by atoms with E-state index in [4.69, 9.17) is 5.73 Å². The average molecular weight is 322 g/mol. The highest BCUT2D eigenvalue weighted by atomic mass is 32.2. The maximum atomic E-state index is 13.6. The topological polar surface area (TPSA) is 72.2 Å². The van der Waals surface area contributed by atoms with Crippen LogP contribution in [0.1, 0.15) is 10.4 Å². The maximum Gasteiger partial charge on any atom is 0.258 e. The molecule has 0 aliphatic carbocycles. The Balaban J connectivity index is 2.21. The molecule has 0 aliphatic rings. The first-order chi connectivity index (χ1) is 10.5. The Labute approximate surface area is 129 Å². The molecule has 3 N–H and O–H groups in total. The molecule has 7 heteroatoms. The second-order valence-electron chi connectivity index (χ2n) is 4.33. The summed E-state index contributed by atoms with van der Waals surface area (Å²) < 4.78 is 26.7. The first-order valence-electron chi connectivity index (χ1n) is 6.24. The van der Waals surface area contributed by atoms with Gasteiger partial charge in [0.05, 0.1) is 17.0 Å². The van der Waals surface area contributed by atoms with Gasteiger partial charge in [-0.2, -0.15) is 0 Å². The molecule has 22 heavy (non-hydrogen) atoms. The molecule has 2 aromatic rings. The summed E-state index contributed by atoms with van der Waals surface area (Å²) in [4.78, 5) is 23.5. The van der Waals surface area contributed by atoms with Gasteiger partial charge < -0.3 is 11.1 Å². The molecule has 0 unspecified atom stereocenters. The van der Waals surface area contributed by atoms with E-state index >= 15 is 0 Å². The van der Waals surface area contributed by atoms with Crippen molar-refractivity contribution in [1.29, 1.82) is 0 Å². The molecule has 0 heterocycles. The number of halogens is 2. The number of nitrogens with one attached hydrogen (secondary N) is 1. The molecule has 0 aromatic heterocycles. The van der Waals surface area contributed by atoms with Gasteiger partial charge in [-0.25, -0.2) is 8.78 Å². The van der Waals surface area contributed by atoms with E-state index in [1.807, 2.05) is 0 Å². The fourth-order valence-electron chi connectivity index (χ4n) is 1.71. The van der Waals surface area contributed by atoms with Crippen molar-refractivity contribution in [3.05, 3.63) is 59.7 Å². The summed E-state index contributed by atoms with van der Waals surface area (Å²) in [5.74, 6) is -2.75. The van der Waals surface area contributed by atoms with Crippen LogP contribution in [0.3, 0.4) is 0 Å². The third-order valence-electron chi connectivity index (χ3n) is 2.68. The molecule has 4 nitrogen and oxygen atoms in total. The zero-order valence-corrected chi connectivity index (χ0v) is 12.1. The van der Waals surface area contributed by atoms with Crippen molar-refractivity contribution >= 4 is 29.3 Å². The number of carbonyl (C=O) groups is 2. The zero-order valence-electron chi connectivity index (χ0n) is 11.3. The van der Waals surface area contributed by atoms with Crippen LogP contribution in [-0.4, -0.2) is 17.6 Å². The summed E-state index contributed by atoms with van der Waals surface area (Å²) >= 11 is 1.14. The van der Waals surface area contributed by atoms with Crippen molar-refractivity contribution in [2.24, 2.45) is 5.73 Å². The van der Waals surface area contributed by atoms with Crippen molar-refractivity contribution in [3.63, 3.8) is 0 Å². The van der Waals surface area contributed by atoms with Gasteiger partial charge in [-0.1, -0.05) is 12.1 Å². The maximum absolute atomic E-state index is 13.6. The normalized spacial score (nSPS) is 10.3. The van der Waals surface area contributed by atoms with Gasteiger partial charge in [0.25, 0.3) is 5.91 Å². The fourth-order valence-corrected chi connectivity index (χ4v) is 2.45. The summed E-state index contributed by atoms with van der Waals surface area (Å²) in [5.41, 5.74) is 5.08. The van der Waals surface area contributed by atoms with Crippen molar-refractivity contribution < 1.29 is 18.4 Å². The van der Waals surface area contributed by atoms with Gasteiger partial charge >= 0.3 is 0 Å². The highest BCUT2D eigenvalue weighted by Gasteiger charge is 2.14. The number of carbonyl (C=O) groups excluding carboxylic acids is 2. The molecule has 0 saturated carbocycles. The highest BCUT2D eigenvalue weighted by molar-refractivity contribution is 8.00. The minimum absolute atomic E-state index is 0.0429. The number of thioether (sulfide) groups is 1. The lowest BCUT2D eigenvalue weighted by Gasteiger charge is -2.10. The number of nitrogens with two attached hydrogens (primary N) is 1. The van der Waals surface area contributed by atoms with Crippen molar-refractivity contribution in [2.75, 3.05) is 11.1 Å². The standard InChI is InChI=1S/C15H12F2N2O2S/c16-9-5-6-11(17)10(7-9)15(21)19-12-3-1-2-4-13(12)22-8-14(18)20/h1-7H,8H2,(H2,18,20)(H,19,21). The molecule has 0 spiro atoms. The van der Waals surface area contributed by atoms with E-state index in [0.717, 1.165) is 30.0 Å². The van der Waals surface area contributed by atoms with Gasteiger partial charge in [0.2, 0.25) is 5.91 Å². The number of hydrogen-bond acceptors (Lipinski definition) is 3. The van der Waals surface area contributed by atoms with Gasteiger partial charge in [-0.05, 0) is 30.3 Å². The lowest BCUT2D eigenvalue weighted by Crippen LogP contribution is -2.16. The van der Waals surface area contributed by atoms with Crippen LogP contribution in [0.2, 0.25) is 0 Å². The van der Waals surface area contributed by atoms with E-state index < -0.39 is 29.0 Å². The summed E-state index contributed by atoms with van der Waals surface area (Å²) in [6, 6.07) is 9.32. The van der Waals surface area contributed by atoms with Gasteiger partial charge in [0.15, 0.2) is 0 Å². The Morgan fingerprint density at radius 1 is 1.14 bits per heavy atom. The quantitative estimate of drug-likeness (QED) is 0.832. The lowest BCUT2D eigenvalue weighted by atomic mass is 10.2. The van der Waals surface area contributed by atoms with Crippen molar-refractivity contribution in [1.82, 2.24) is 0 Å². The van der Waals surface area contributed by atoms with E-state index in [1.165, 1.54) is 0 Å². The highest BCUT2D eigenvalue weighted by Crippen LogP contribution is 2.27. The van der Waals surface area contributed by atoms with E-state index in [1.54, 1.807) is 24.3 Å². The van der Waals surface area contributed by atoms with E-state index in [0.29, 0.717) is 10.6 Å². The van der Waals surface area contributed by atoms with Crippen LogP contribution in [0.25, 0.3) is 0 Å². The number of amides is 2. The van der Waals surface area contributed by atoms with Crippen LogP contribution in [0, 0.1) is 11.6 Å². The van der Waals surface area contributed by atoms with Gasteiger partial charge in [-0.3, -0.25) is 9.59 Å². The lowest BCUT2D eigenvalue weighted by molar-refractivity contribution is -0.115. The first kappa shape index (κ1) is 16.0. The zero-order chi connectivity index (χ0) is 16.1. The Hall–Kier alpha value is -2.41. The Morgan fingerprint density at radius 2 is 1.86 bits per heavy atom. The second kappa shape index (κ2) is 7.04. The predicted molar refractivity (Wildman–Crippen MR) is 80.7 cm³/mol. The molecule has 114 valence electrons. The Kier molecular flexibility index (Phi) is 5.11. The molecule has 0 radical (unpaired) electrons. The van der Waals surface area contributed by atoms with Gasteiger partial charge in [0, 0.05) is 4.90 Å². The molecule has 2 aromatic carbocycles. The number of rotatable bonds is 5. The number of anilines is 1. The predicted octanol–water partition coefficient (Wildman–Crippen LogP) is 2.79. The third kappa shape index (κ3) is 4.05. The summed E-state index contributed by atoms with van der Waals surface area (Å²) in [6.07, 6.45) is 0. The van der Waals surface area contributed by atoms with Crippen molar-refractivity contribution in [2.45, 2.75) is 4.90 Å². The largest absolute Gasteiger partial charge is 0.369 e. The van der Waals surface area contributed by atoms with Crippen molar-refractivity contribution in [3.8, 4) is 0 Å². The smallest absolute Gasteiger partial charge is 0.258 e. The van der Waals surface area contributed by atoms with E-state index in [2.05, 4.69) is 5.32 Å². The number of para-hydroxylation sites is 1. The average Bonchev–Trinajstić information content (AvgIpc) is 2.48. The SMILES string of the molecule is NC(=O)CSc1ccccc1NC(=O)c1cc(F)ccc1F. The summed E-state index contributed by atoms with van der Waals surface area (Å²) in [7, 11) is 0. The molecule has 0 aliphatic heterocycles. The molecule has 2 rings (SSSR count). The number of benzene rings is 2. The van der Waals surface area contributed by atoms with Crippen LogP contribution < -0.4 is 11.1 Å². The number of primary amides is 1. The van der Waals surface area contributed by atoms with Crippen LogP contribution in [-0.2, 0) is 4.79 Å². The van der Waals surface area contributed by atoms with Gasteiger partial charge in [0.1, 0.15) is 11.6 Å². The van der Waals surface area contributed by atoms with Crippen LogP contribution in [0.5, 0.6) is 0 Å². The second-order valence-corrected chi connectivity index (χ2v) is 5.35.